The predicted molar refractivity (Wildman–Crippen MR) is 132 cm³/mol. The number of hydrogen-bond acceptors (Lipinski definition) is 8. The van der Waals surface area contributed by atoms with Gasteiger partial charge in [0.05, 0.1) is 17.0 Å². The standard InChI is InChI=1S/C23H26N6O6/c1-25-18-10-9-16(29(33)34)13-17(18)22(31)27(11-6-12-35-2)19-20(24)28(23(32)26-21(19)30)14-15-7-4-3-5-8-15/h3-5,7-10,13,25H,6,11-12,14,24H2,1-2H3,(H,26,30,32). The zero-order chi connectivity index (χ0) is 25.5. The maximum Gasteiger partial charge on any atom is 0.330 e. The molecule has 3 rings (SSSR count). The summed E-state index contributed by atoms with van der Waals surface area (Å²) in [6, 6.07) is 12.8. The first-order valence-electron chi connectivity index (χ1n) is 10.7. The molecule has 0 aliphatic heterocycles. The van der Waals surface area contributed by atoms with Crippen molar-refractivity contribution in [2.75, 3.05) is 43.3 Å². The average Bonchev–Trinajstić information content (AvgIpc) is 2.85. The molecule has 0 saturated heterocycles. The Labute approximate surface area is 200 Å². The molecule has 2 aromatic carbocycles. The molecule has 0 radical (unpaired) electrons. The molecule has 3 aromatic rings. The highest BCUT2D eigenvalue weighted by molar-refractivity contribution is 6.10. The monoisotopic (exact) mass is 482 g/mol. The first-order valence-corrected chi connectivity index (χ1v) is 10.7. The Morgan fingerprint density at radius 2 is 1.94 bits per heavy atom. The number of carbonyl (C=O) groups is 1. The zero-order valence-electron chi connectivity index (χ0n) is 19.3. The van der Waals surface area contributed by atoms with Crippen molar-refractivity contribution in [1.82, 2.24) is 9.55 Å². The number of nitrogen functional groups attached to an aromatic ring is 1. The Morgan fingerprint density at radius 1 is 1.23 bits per heavy atom. The van der Waals surface area contributed by atoms with Crippen molar-refractivity contribution in [2.24, 2.45) is 0 Å². The number of nitro benzene ring substituents is 1. The smallest absolute Gasteiger partial charge is 0.330 e. The summed E-state index contributed by atoms with van der Waals surface area (Å²) in [6.07, 6.45) is 0.336. The number of non-ortho nitro benzene ring substituents is 1. The summed E-state index contributed by atoms with van der Waals surface area (Å²) in [5.41, 5.74) is 5.26. The van der Waals surface area contributed by atoms with E-state index in [9.17, 15) is 24.5 Å². The normalized spacial score (nSPS) is 10.7. The summed E-state index contributed by atoms with van der Waals surface area (Å²) in [5, 5.41) is 14.2. The maximum atomic E-state index is 13.7. The van der Waals surface area contributed by atoms with E-state index < -0.39 is 22.1 Å². The Bertz CT molecular complexity index is 1330. The van der Waals surface area contributed by atoms with Crippen molar-refractivity contribution in [3.05, 3.63) is 90.6 Å². The van der Waals surface area contributed by atoms with Gasteiger partial charge in [-0.1, -0.05) is 30.3 Å². The minimum Gasteiger partial charge on any atom is -0.387 e. The molecule has 0 spiro atoms. The van der Waals surface area contributed by atoms with Gasteiger partial charge in [-0.2, -0.15) is 0 Å². The van der Waals surface area contributed by atoms with Crippen LogP contribution in [0.1, 0.15) is 22.3 Å². The van der Waals surface area contributed by atoms with Gasteiger partial charge < -0.3 is 20.7 Å². The fourth-order valence-electron chi connectivity index (χ4n) is 3.63. The molecule has 0 aliphatic rings. The summed E-state index contributed by atoms with van der Waals surface area (Å²) in [6.45, 7) is 0.350. The average molecular weight is 482 g/mol. The second kappa shape index (κ2) is 11.1. The summed E-state index contributed by atoms with van der Waals surface area (Å²) >= 11 is 0. The summed E-state index contributed by atoms with van der Waals surface area (Å²) < 4.78 is 6.24. The van der Waals surface area contributed by atoms with Crippen LogP contribution >= 0.6 is 0 Å². The fourth-order valence-corrected chi connectivity index (χ4v) is 3.63. The van der Waals surface area contributed by atoms with Gasteiger partial charge in [-0.15, -0.1) is 0 Å². The molecule has 0 unspecified atom stereocenters. The van der Waals surface area contributed by atoms with Crippen LogP contribution in [0.15, 0.2) is 58.1 Å². The minimum atomic E-state index is -0.848. The van der Waals surface area contributed by atoms with Crippen molar-refractivity contribution in [3.8, 4) is 0 Å². The first kappa shape index (κ1) is 25.2. The highest BCUT2D eigenvalue weighted by Crippen LogP contribution is 2.27. The number of nitro groups is 1. The third-order valence-electron chi connectivity index (χ3n) is 5.36. The number of rotatable bonds is 10. The fraction of sp³-hybridized carbons (Fsp3) is 0.261. The molecule has 12 nitrogen and oxygen atoms in total. The number of benzene rings is 2. The molecule has 4 N–H and O–H groups in total. The van der Waals surface area contributed by atoms with Crippen molar-refractivity contribution in [1.29, 1.82) is 0 Å². The number of hydrogen-bond donors (Lipinski definition) is 3. The largest absolute Gasteiger partial charge is 0.387 e. The lowest BCUT2D eigenvalue weighted by Gasteiger charge is -2.25. The van der Waals surface area contributed by atoms with Crippen molar-refractivity contribution >= 4 is 28.8 Å². The molecule has 0 fully saturated rings. The topological polar surface area (TPSA) is 166 Å². The van der Waals surface area contributed by atoms with E-state index in [1.165, 1.54) is 19.2 Å². The van der Waals surface area contributed by atoms with Crippen LogP contribution in [-0.2, 0) is 11.3 Å². The van der Waals surface area contributed by atoms with Crippen LogP contribution in [0.25, 0.3) is 0 Å². The quantitative estimate of drug-likeness (QED) is 0.223. The van der Waals surface area contributed by atoms with E-state index in [0.717, 1.165) is 21.1 Å². The molecule has 0 bridgehead atoms. The highest BCUT2D eigenvalue weighted by atomic mass is 16.6. The lowest BCUT2D eigenvalue weighted by molar-refractivity contribution is -0.384. The minimum absolute atomic E-state index is 0.00927. The maximum absolute atomic E-state index is 13.7. The number of carbonyl (C=O) groups excluding carboxylic acids is 1. The Morgan fingerprint density at radius 3 is 2.57 bits per heavy atom. The van der Waals surface area contributed by atoms with Crippen LogP contribution in [0, 0.1) is 10.1 Å². The lowest BCUT2D eigenvalue weighted by Crippen LogP contribution is -2.42. The van der Waals surface area contributed by atoms with Crippen LogP contribution in [-0.4, -0.2) is 47.7 Å². The van der Waals surface area contributed by atoms with Gasteiger partial charge in [0.1, 0.15) is 5.82 Å². The number of aromatic nitrogens is 2. The number of nitrogens with zero attached hydrogens (tertiary/aromatic N) is 3. The van der Waals surface area contributed by atoms with Gasteiger partial charge >= 0.3 is 5.69 Å². The molecule has 35 heavy (non-hydrogen) atoms. The van der Waals surface area contributed by atoms with Crippen molar-refractivity contribution in [2.45, 2.75) is 13.0 Å². The number of ether oxygens (including phenoxy) is 1. The van der Waals surface area contributed by atoms with Gasteiger partial charge in [0.25, 0.3) is 17.2 Å². The molecule has 0 atom stereocenters. The lowest BCUT2D eigenvalue weighted by atomic mass is 10.1. The number of amides is 1. The number of aromatic amines is 1. The molecule has 1 heterocycles. The number of H-pyrrole nitrogens is 1. The van der Waals surface area contributed by atoms with E-state index in [1.807, 2.05) is 6.07 Å². The number of nitrogens with two attached hydrogens (primary N) is 1. The molecule has 1 amide bonds. The highest BCUT2D eigenvalue weighted by Gasteiger charge is 2.28. The van der Waals surface area contributed by atoms with Gasteiger partial charge in [-0.3, -0.25) is 29.3 Å². The summed E-state index contributed by atoms with van der Waals surface area (Å²) in [7, 11) is 3.06. The Kier molecular flexibility index (Phi) is 8.00. The number of nitrogens with one attached hydrogen (secondary N) is 2. The van der Waals surface area contributed by atoms with Crippen molar-refractivity contribution < 1.29 is 14.5 Å². The zero-order valence-corrected chi connectivity index (χ0v) is 19.3. The Balaban J connectivity index is 2.16. The van der Waals surface area contributed by atoms with E-state index in [4.69, 9.17) is 10.5 Å². The van der Waals surface area contributed by atoms with E-state index in [-0.39, 0.29) is 42.5 Å². The van der Waals surface area contributed by atoms with Crippen LogP contribution in [0.5, 0.6) is 0 Å². The van der Waals surface area contributed by atoms with E-state index in [0.29, 0.717) is 12.1 Å². The van der Waals surface area contributed by atoms with Gasteiger partial charge in [0.2, 0.25) is 0 Å². The molecular weight excluding hydrogens is 456 g/mol. The number of methoxy groups -OCH3 is 1. The Hall–Kier alpha value is -4.45. The first-order chi connectivity index (χ1) is 16.8. The van der Waals surface area contributed by atoms with Crippen molar-refractivity contribution in [3.63, 3.8) is 0 Å². The third-order valence-corrected chi connectivity index (χ3v) is 5.36. The van der Waals surface area contributed by atoms with E-state index in [1.54, 1.807) is 31.3 Å². The third kappa shape index (κ3) is 5.55. The molecule has 184 valence electrons. The second-order valence-electron chi connectivity index (χ2n) is 7.61. The molecule has 1 aromatic heterocycles. The molecule has 0 aliphatic carbocycles. The van der Waals surface area contributed by atoms with Gasteiger partial charge in [0, 0.05) is 45.1 Å². The summed E-state index contributed by atoms with van der Waals surface area (Å²) in [5.74, 6) is -0.902. The molecule has 0 saturated carbocycles. The predicted octanol–water partition coefficient (Wildman–Crippen LogP) is 1.80. The SMILES string of the molecule is CNc1ccc([N+](=O)[O-])cc1C(=O)N(CCCOC)c1c(N)n(Cc2ccccc2)c(=O)[nH]c1=O. The van der Waals surface area contributed by atoms with Crippen LogP contribution in [0.3, 0.4) is 0 Å². The van der Waals surface area contributed by atoms with E-state index in [2.05, 4.69) is 10.3 Å². The van der Waals surface area contributed by atoms with Crippen LogP contribution in [0.4, 0.5) is 22.9 Å². The van der Waals surface area contributed by atoms with E-state index >= 15 is 0 Å². The van der Waals surface area contributed by atoms with Gasteiger partial charge in [-0.05, 0) is 18.1 Å². The van der Waals surface area contributed by atoms with Crippen LogP contribution < -0.4 is 27.2 Å². The van der Waals surface area contributed by atoms with Gasteiger partial charge in [0.15, 0.2) is 5.69 Å². The molecule has 12 heteroatoms. The number of anilines is 3. The van der Waals surface area contributed by atoms with Gasteiger partial charge in [-0.25, -0.2) is 4.79 Å². The summed E-state index contributed by atoms with van der Waals surface area (Å²) in [4.78, 5) is 53.2. The van der Waals surface area contributed by atoms with Crippen LogP contribution in [0.2, 0.25) is 0 Å². The molecular formula is C23H26N6O6. The second-order valence-corrected chi connectivity index (χ2v) is 7.61.